The van der Waals surface area contributed by atoms with Crippen molar-refractivity contribution < 1.29 is 9.59 Å². The third-order valence-electron chi connectivity index (χ3n) is 3.97. The highest BCUT2D eigenvalue weighted by Crippen LogP contribution is 2.23. The predicted molar refractivity (Wildman–Crippen MR) is 62.3 cm³/mol. The third-order valence-corrected chi connectivity index (χ3v) is 3.97. The van der Waals surface area contributed by atoms with E-state index in [9.17, 15) is 9.59 Å². The lowest BCUT2D eigenvalue weighted by molar-refractivity contribution is -0.138. The highest BCUT2D eigenvalue weighted by Gasteiger charge is 2.36. The molecular weight excluding hydrogens is 218 g/mol. The number of carbonyl (C=O) groups excluding carboxylic acids is 2. The molecule has 0 aromatic rings. The lowest BCUT2D eigenvalue weighted by atomic mass is 10.1. The second kappa shape index (κ2) is 4.29. The summed E-state index contributed by atoms with van der Waals surface area (Å²) in [5.41, 5.74) is 0. The summed E-state index contributed by atoms with van der Waals surface area (Å²) in [6, 6.07) is 0.856. The van der Waals surface area contributed by atoms with Crippen LogP contribution in [0.5, 0.6) is 0 Å². The summed E-state index contributed by atoms with van der Waals surface area (Å²) in [5.74, 6) is 0.453. The molecule has 1 saturated carbocycles. The molecule has 3 rings (SSSR count). The summed E-state index contributed by atoms with van der Waals surface area (Å²) >= 11 is 0. The number of rotatable bonds is 3. The van der Waals surface area contributed by atoms with Gasteiger partial charge in [0.15, 0.2) is 0 Å². The van der Waals surface area contributed by atoms with Crippen LogP contribution in [0.2, 0.25) is 0 Å². The van der Waals surface area contributed by atoms with Crippen LogP contribution < -0.4 is 5.32 Å². The fraction of sp³-hybridized carbons (Fsp3) is 0.833. The van der Waals surface area contributed by atoms with Crippen molar-refractivity contribution >= 4 is 11.8 Å². The Morgan fingerprint density at radius 3 is 2.88 bits per heavy atom. The maximum atomic E-state index is 12.0. The molecule has 2 amide bonds. The van der Waals surface area contributed by atoms with E-state index in [2.05, 4.69) is 5.32 Å². The molecule has 17 heavy (non-hydrogen) atoms. The second-order valence-corrected chi connectivity index (χ2v) is 5.27. The van der Waals surface area contributed by atoms with E-state index in [1.807, 2.05) is 9.80 Å². The van der Waals surface area contributed by atoms with Gasteiger partial charge in [-0.25, -0.2) is 0 Å². The molecule has 2 heterocycles. The van der Waals surface area contributed by atoms with Gasteiger partial charge < -0.3 is 15.1 Å². The summed E-state index contributed by atoms with van der Waals surface area (Å²) in [6.07, 6.45) is 3.99. The monoisotopic (exact) mass is 237 g/mol. The zero-order chi connectivity index (χ0) is 11.8. The molecule has 1 atom stereocenters. The fourth-order valence-corrected chi connectivity index (χ4v) is 2.72. The first-order valence-corrected chi connectivity index (χ1v) is 6.54. The number of amides is 2. The van der Waals surface area contributed by atoms with Crippen LogP contribution in [0.4, 0.5) is 0 Å². The lowest BCUT2D eigenvalue weighted by Gasteiger charge is -2.37. The van der Waals surface area contributed by atoms with E-state index in [0.29, 0.717) is 25.6 Å². The summed E-state index contributed by atoms with van der Waals surface area (Å²) < 4.78 is 0. The summed E-state index contributed by atoms with van der Waals surface area (Å²) in [7, 11) is 0. The first-order chi connectivity index (χ1) is 8.24. The molecule has 0 bridgehead atoms. The minimum absolute atomic E-state index is 0.191. The van der Waals surface area contributed by atoms with E-state index in [4.69, 9.17) is 0 Å². The molecule has 1 N–H and O–H groups in total. The minimum Gasteiger partial charge on any atom is -0.338 e. The normalized spacial score (nSPS) is 28.5. The molecule has 0 aromatic carbocycles. The van der Waals surface area contributed by atoms with E-state index in [-0.39, 0.29) is 17.9 Å². The Morgan fingerprint density at radius 2 is 2.12 bits per heavy atom. The van der Waals surface area contributed by atoms with Gasteiger partial charge in [0.25, 0.3) is 0 Å². The first-order valence-electron chi connectivity index (χ1n) is 6.54. The van der Waals surface area contributed by atoms with Crippen LogP contribution in [0.15, 0.2) is 0 Å². The number of carbonyl (C=O) groups is 2. The van der Waals surface area contributed by atoms with Gasteiger partial charge in [0.05, 0.1) is 6.54 Å². The molecule has 2 saturated heterocycles. The van der Waals surface area contributed by atoms with Crippen LogP contribution in [-0.2, 0) is 9.59 Å². The highest BCUT2D eigenvalue weighted by molar-refractivity contribution is 5.81. The van der Waals surface area contributed by atoms with Crippen LogP contribution in [0.25, 0.3) is 0 Å². The first kappa shape index (κ1) is 11.0. The van der Waals surface area contributed by atoms with Gasteiger partial charge in [-0.1, -0.05) is 0 Å². The van der Waals surface area contributed by atoms with Crippen molar-refractivity contribution in [1.82, 2.24) is 15.1 Å². The third kappa shape index (κ3) is 2.29. The Bertz CT molecular complexity index is 341. The SMILES string of the molecule is O=C(CNC1CC1)N1CCN2C(=O)CCC2C1. The molecule has 0 aromatic heterocycles. The number of hydrogen-bond donors (Lipinski definition) is 1. The van der Waals surface area contributed by atoms with Crippen LogP contribution in [0, 0.1) is 0 Å². The largest absolute Gasteiger partial charge is 0.338 e. The number of piperazine rings is 1. The maximum Gasteiger partial charge on any atom is 0.236 e. The molecule has 0 spiro atoms. The zero-order valence-electron chi connectivity index (χ0n) is 10.0. The molecule has 1 unspecified atom stereocenters. The topological polar surface area (TPSA) is 52.7 Å². The number of hydrogen-bond acceptors (Lipinski definition) is 3. The van der Waals surface area contributed by atoms with Gasteiger partial charge in [0.1, 0.15) is 0 Å². The molecule has 94 valence electrons. The molecule has 5 nitrogen and oxygen atoms in total. The van der Waals surface area contributed by atoms with Crippen LogP contribution >= 0.6 is 0 Å². The Morgan fingerprint density at radius 1 is 1.29 bits per heavy atom. The van der Waals surface area contributed by atoms with Gasteiger partial charge in [0, 0.05) is 38.1 Å². The van der Waals surface area contributed by atoms with E-state index in [0.717, 1.165) is 19.5 Å². The number of nitrogens with one attached hydrogen (secondary N) is 1. The van der Waals surface area contributed by atoms with Crippen molar-refractivity contribution in [3.63, 3.8) is 0 Å². The standard InChI is InChI=1S/C12H19N3O2/c16-11-4-3-10-8-14(5-6-15(10)11)12(17)7-13-9-1-2-9/h9-10,13H,1-8H2. The molecule has 2 aliphatic heterocycles. The van der Waals surface area contributed by atoms with Gasteiger partial charge in [0.2, 0.25) is 11.8 Å². The van der Waals surface area contributed by atoms with Crippen molar-refractivity contribution in [1.29, 1.82) is 0 Å². The summed E-state index contributed by atoms with van der Waals surface area (Å²) in [6.45, 7) is 2.62. The van der Waals surface area contributed by atoms with Crippen molar-refractivity contribution in [2.75, 3.05) is 26.2 Å². The Kier molecular flexibility index (Phi) is 2.78. The Labute approximate surface area is 101 Å². The summed E-state index contributed by atoms with van der Waals surface area (Å²) in [5, 5.41) is 3.25. The lowest BCUT2D eigenvalue weighted by Crippen LogP contribution is -2.54. The Balaban J connectivity index is 1.51. The average Bonchev–Trinajstić information content (AvgIpc) is 3.10. The van der Waals surface area contributed by atoms with E-state index < -0.39 is 0 Å². The average molecular weight is 237 g/mol. The summed E-state index contributed by atoms with van der Waals surface area (Å²) in [4.78, 5) is 27.3. The van der Waals surface area contributed by atoms with Gasteiger partial charge in [-0.2, -0.15) is 0 Å². The van der Waals surface area contributed by atoms with Gasteiger partial charge in [-0.05, 0) is 19.3 Å². The Hall–Kier alpha value is -1.10. The van der Waals surface area contributed by atoms with Crippen LogP contribution in [-0.4, -0.2) is 59.9 Å². The quantitative estimate of drug-likeness (QED) is 0.725. The highest BCUT2D eigenvalue weighted by atomic mass is 16.2. The van der Waals surface area contributed by atoms with E-state index in [1.165, 1.54) is 12.8 Å². The second-order valence-electron chi connectivity index (χ2n) is 5.27. The predicted octanol–water partition coefficient (Wildman–Crippen LogP) is -0.428. The maximum absolute atomic E-state index is 12.0. The van der Waals surface area contributed by atoms with Gasteiger partial charge in [-0.3, -0.25) is 9.59 Å². The minimum atomic E-state index is 0.191. The van der Waals surface area contributed by atoms with Gasteiger partial charge >= 0.3 is 0 Å². The van der Waals surface area contributed by atoms with Crippen LogP contribution in [0.1, 0.15) is 25.7 Å². The number of fused-ring (bicyclic) bond motifs is 1. The molecular formula is C12H19N3O2. The van der Waals surface area contributed by atoms with E-state index >= 15 is 0 Å². The molecule has 1 aliphatic carbocycles. The van der Waals surface area contributed by atoms with Crippen molar-refractivity contribution in [2.45, 2.75) is 37.8 Å². The van der Waals surface area contributed by atoms with Crippen molar-refractivity contribution in [2.24, 2.45) is 0 Å². The molecule has 3 aliphatic rings. The molecule has 0 radical (unpaired) electrons. The smallest absolute Gasteiger partial charge is 0.236 e. The molecule has 5 heteroatoms. The molecule has 3 fully saturated rings. The van der Waals surface area contributed by atoms with E-state index in [1.54, 1.807) is 0 Å². The fourth-order valence-electron chi connectivity index (χ4n) is 2.72. The van der Waals surface area contributed by atoms with Gasteiger partial charge in [-0.15, -0.1) is 0 Å². The van der Waals surface area contributed by atoms with Crippen molar-refractivity contribution in [3.8, 4) is 0 Å². The zero-order valence-corrected chi connectivity index (χ0v) is 10.0. The number of nitrogens with zero attached hydrogens (tertiary/aromatic N) is 2. The van der Waals surface area contributed by atoms with Crippen LogP contribution in [0.3, 0.4) is 0 Å². The van der Waals surface area contributed by atoms with Crippen molar-refractivity contribution in [3.05, 3.63) is 0 Å².